The molecule has 0 N–H and O–H groups in total. The third kappa shape index (κ3) is 5.00. The fourth-order valence-electron chi connectivity index (χ4n) is 9.97. The van der Waals surface area contributed by atoms with Crippen LogP contribution in [0, 0.1) is 0 Å². The summed E-state index contributed by atoms with van der Waals surface area (Å²) in [4.78, 5) is 9.86. The molecule has 0 heterocycles. The Morgan fingerprint density at radius 3 is 2.21 bits per heavy atom. The fourth-order valence-corrected chi connectivity index (χ4v) is 9.97. The summed E-state index contributed by atoms with van der Waals surface area (Å²) in [5, 5.41) is 0. The van der Waals surface area contributed by atoms with Crippen LogP contribution in [0.4, 0.5) is 0 Å². The predicted octanol–water partition coefficient (Wildman–Crippen LogP) is 12.1. The number of nitrogens with zero attached hydrogens (tertiary/aromatic N) is 2. The van der Waals surface area contributed by atoms with Gasteiger partial charge in [-0.2, -0.15) is 0 Å². The number of fused-ring (bicyclic) bond motifs is 10. The van der Waals surface area contributed by atoms with Gasteiger partial charge in [0.15, 0.2) is 0 Å². The number of rotatable bonds is 8. The summed E-state index contributed by atoms with van der Waals surface area (Å²) in [5.41, 5.74) is 21.8. The van der Waals surface area contributed by atoms with E-state index < -0.39 is 0 Å². The van der Waals surface area contributed by atoms with Crippen molar-refractivity contribution in [3.63, 3.8) is 0 Å². The van der Waals surface area contributed by atoms with Crippen molar-refractivity contribution in [1.82, 2.24) is 0 Å². The lowest BCUT2D eigenvalue weighted by molar-refractivity contribution is 0.750. The summed E-state index contributed by atoms with van der Waals surface area (Å²) < 4.78 is 0. The van der Waals surface area contributed by atoms with Gasteiger partial charge in [-0.15, -0.1) is 0 Å². The Kier molecular flexibility index (Phi) is 7.79. The molecule has 53 heavy (non-hydrogen) atoms. The SMILES string of the molecule is C=NC(CC(=NCc1ccccc1)C1=CC=CCC1)c1ccc(C2=CCCC3=C2c2ccccc2C32C3=C(Cc4ccccc43)c3ccccc32)cc1. The molecule has 256 valence electrons. The van der Waals surface area contributed by atoms with E-state index in [2.05, 4.69) is 163 Å². The van der Waals surface area contributed by atoms with Crippen molar-refractivity contribution >= 4 is 34.7 Å². The second kappa shape index (κ2) is 13.0. The number of aliphatic imine (C=N–C) groups is 2. The van der Waals surface area contributed by atoms with Gasteiger partial charge in [0, 0.05) is 12.1 Å². The summed E-state index contributed by atoms with van der Waals surface area (Å²) in [6.07, 6.45) is 15.0. The molecule has 5 aromatic carbocycles. The monoisotopic (exact) mass is 682 g/mol. The number of hydrogen-bond donors (Lipinski definition) is 0. The van der Waals surface area contributed by atoms with Gasteiger partial charge in [0.25, 0.3) is 0 Å². The largest absolute Gasteiger partial charge is 0.292 e. The van der Waals surface area contributed by atoms with E-state index >= 15 is 0 Å². The van der Waals surface area contributed by atoms with Crippen LogP contribution in [-0.2, 0) is 18.4 Å². The molecule has 0 bridgehead atoms. The van der Waals surface area contributed by atoms with E-state index in [-0.39, 0.29) is 11.5 Å². The topological polar surface area (TPSA) is 24.7 Å². The minimum absolute atomic E-state index is 0.0706. The van der Waals surface area contributed by atoms with Crippen LogP contribution in [0.5, 0.6) is 0 Å². The summed E-state index contributed by atoms with van der Waals surface area (Å²) in [5.74, 6) is 0. The van der Waals surface area contributed by atoms with Gasteiger partial charge in [-0.3, -0.25) is 9.98 Å². The predicted molar refractivity (Wildman–Crippen MR) is 222 cm³/mol. The van der Waals surface area contributed by atoms with Crippen LogP contribution < -0.4 is 0 Å². The molecule has 0 saturated carbocycles. The normalized spacial score (nSPS) is 20.0. The van der Waals surface area contributed by atoms with Gasteiger partial charge < -0.3 is 0 Å². The van der Waals surface area contributed by atoms with E-state index in [9.17, 15) is 0 Å². The highest BCUT2D eigenvalue weighted by molar-refractivity contribution is 6.18. The highest BCUT2D eigenvalue weighted by Crippen LogP contribution is 2.68. The molecule has 0 radical (unpaired) electrons. The van der Waals surface area contributed by atoms with Crippen LogP contribution in [-0.4, -0.2) is 12.4 Å². The number of benzene rings is 5. The Hall–Kier alpha value is -5.86. The molecule has 5 aliphatic carbocycles. The van der Waals surface area contributed by atoms with Crippen molar-refractivity contribution in [2.75, 3.05) is 0 Å². The van der Waals surface area contributed by atoms with Crippen molar-refractivity contribution in [2.24, 2.45) is 9.98 Å². The van der Waals surface area contributed by atoms with Gasteiger partial charge in [0.2, 0.25) is 0 Å². The Morgan fingerprint density at radius 1 is 0.717 bits per heavy atom. The molecule has 0 amide bonds. The maximum absolute atomic E-state index is 5.18. The third-order valence-corrected chi connectivity index (χ3v) is 12.2. The minimum Gasteiger partial charge on any atom is -0.292 e. The minimum atomic E-state index is -0.264. The molecule has 0 aliphatic heterocycles. The first-order chi connectivity index (χ1) is 26.3. The molecule has 2 atom stereocenters. The lowest BCUT2D eigenvalue weighted by Crippen LogP contribution is -2.28. The lowest BCUT2D eigenvalue weighted by Gasteiger charge is -2.36. The molecule has 5 aliphatic rings. The van der Waals surface area contributed by atoms with Crippen LogP contribution in [0.2, 0.25) is 0 Å². The highest BCUT2D eigenvalue weighted by atomic mass is 14.8. The quantitative estimate of drug-likeness (QED) is 0.146. The van der Waals surface area contributed by atoms with Gasteiger partial charge >= 0.3 is 0 Å². The van der Waals surface area contributed by atoms with E-state index in [0.717, 1.165) is 44.2 Å². The first-order valence-electron chi connectivity index (χ1n) is 19.2. The molecular formula is C51H42N2. The molecule has 0 saturated heterocycles. The smallest absolute Gasteiger partial charge is 0.0797 e. The molecule has 1 spiro atoms. The summed E-state index contributed by atoms with van der Waals surface area (Å²) >= 11 is 0. The number of hydrogen-bond acceptors (Lipinski definition) is 2. The molecule has 5 aromatic rings. The fraction of sp³-hybridized carbons (Fsp3) is 0.176. The Labute approximate surface area is 313 Å². The summed E-state index contributed by atoms with van der Waals surface area (Å²) in [6, 6.07) is 47.3. The second-order valence-corrected chi connectivity index (χ2v) is 15.0. The molecule has 0 fully saturated rings. The van der Waals surface area contributed by atoms with E-state index in [4.69, 9.17) is 4.99 Å². The van der Waals surface area contributed by atoms with Crippen molar-refractivity contribution in [3.05, 3.63) is 213 Å². The molecular weight excluding hydrogens is 641 g/mol. The highest BCUT2D eigenvalue weighted by Gasteiger charge is 2.56. The zero-order valence-corrected chi connectivity index (χ0v) is 30.1. The van der Waals surface area contributed by atoms with Gasteiger partial charge in [-0.1, -0.05) is 152 Å². The molecule has 2 heteroatoms. The standard InChI is InChI=1S/C51H42N2/c1-52-47(32-48(36-17-6-3-7-18-36)53-33-34-15-4-2-5-16-34)37-29-27-35(28-30-37)39-23-14-26-46-49(39)42-22-11-13-25-45(42)51(46)44-24-12-10-21-41(44)43-31-38-19-8-9-20-40(38)50(43)51/h2-6,8-13,15-17,19-25,27-30,47H,1,7,14,18,26,31-33H2. The lowest BCUT2D eigenvalue weighted by atomic mass is 9.65. The second-order valence-electron chi connectivity index (χ2n) is 15.0. The van der Waals surface area contributed by atoms with E-state index in [1.54, 1.807) is 5.57 Å². The van der Waals surface area contributed by atoms with Crippen LogP contribution in [0.15, 0.2) is 173 Å². The van der Waals surface area contributed by atoms with Crippen LogP contribution in [0.25, 0.3) is 22.3 Å². The zero-order valence-electron chi connectivity index (χ0n) is 30.1. The van der Waals surface area contributed by atoms with E-state index in [1.165, 1.54) is 77.9 Å². The van der Waals surface area contributed by atoms with Gasteiger partial charge in [0.1, 0.15) is 0 Å². The maximum Gasteiger partial charge on any atom is 0.0797 e. The molecule has 0 aromatic heterocycles. The molecule has 10 rings (SSSR count). The van der Waals surface area contributed by atoms with E-state index in [0.29, 0.717) is 6.54 Å². The summed E-state index contributed by atoms with van der Waals surface area (Å²) in [7, 11) is 0. The Morgan fingerprint density at radius 2 is 1.43 bits per heavy atom. The molecule has 2 unspecified atom stereocenters. The van der Waals surface area contributed by atoms with Crippen LogP contribution >= 0.6 is 0 Å². The number of allylic oxidation sites excluding steroid dienone is 10. The average Bonchev–Trinajstić information content (AvgIpc) is 3.86. The first-order valence-corrected chi connectivity index (χ1v) is 19.2. The van der Waals surface area contributed by atoms with Crippen LogP contribution in [0.3, 0.4) is 0 Å². The van der Waals surface area contributed by atoms with Crippen molar-refractivity contribution in [1.29, 1.82) is 0 Å². The molecule has 2 nitrogen and oxygen atoms in total. The third-order valence-electron chi connectivity index (χ3n) is 12.2. The maximum atomic E-state index is 5.18. The van der Waals surface area contributed by atoms with Gasteiger partial charge in [-0.25, -0.2) is 0 Å². The van der Waals surface area contributed by atoms with Crippen molar-refractivity contribution < 1.29 is 0 Å². The van der Waals surface area contributed by atoms with Gasteiger partial charge in [0.05, 0.1) is 18.0 Å². The van der Waals surface area contributed by atoms with Crippen LogP contribution in [0.1, 0.15) is 88.2 Å². The zero-order chi connectivity index (χ0) is 35.4. The Bertz CT molecular complexity index is 2480. The van der Waals surface area contributed by atoms with Crippen molar-refractivity contribution in [3.8, 4) is 0 Å². The van der Waals surface area contributed by atoms with E-state index in [1.807, 2.05) is 0 Å². The Balaban J connectivity index is 1.03. The summed E-state index contributed by atoms with van der Waals surface area (Å²) in [6.45, 7) is 4.74. The average molecular weight is 683 g/mol. The van der Waals surface area contributed by atoms with Crippen molar-refractivity contribution in [2.45, 2.75) is 56.5 Å². The first kappa shape index (κ1) is 31.8. The van der Waals surface area contributed by atoms with Gasteiger partial charge in [-0.05, 0) is 122 Å².